The lowest BCUT2D eigenvalue weighted by Gasteiger charge is -2.43. The Morgan fingerprint density at radius 1 is 1.32 bits per heavy atom. The molecule has 0 spiro atoms. The van der Waals surface area contributed by atoms with Crippen LogP contribution in [-0.4, -0.2) is 69.4 Å². The van der Waals surface area contributed by atoms with Crippen molar-refractivity contribution in [2.24, 2.45) is 10.9 Å². The molecule has 9 nitrogen and oxygen atoms in total. The molecule has 34 heavy (non-hydrogen) atoms. The highest BCUT2D eigenvalue weighted by molar-refractivity contribution is 7.90. The topological polar surface area (TPSA) is 121 Å². The van der Waals surface area contributed by atoms with Gasteiger partial charge in [0.15, 0.2) is 0 Å². The zero-order valence-corrected chi connectivity index (χ0v) is 21.8. The second-order valence-electron chi connectivity index (χ2n) is 10.1. The third kappa shape index (κ3) is 5.23. The standard InChI is InChI=1S/C24H37N3O6S/c1-23(2,3)33-22(28)18(15-32-13-12-31-6)21-26-24(4)19-14-17(25)11-10-16(19)8-7-9-20(24)34(29,30)27(21)5/h10-11,14,18,20H,7-9,12-13,15,25H2,1-6H3/t18?,20-,24+/m0/s1. The molecule has 2 aliphatic rings. The number of aliphatic imine (C=N–C) groups is 1. The number of nitrogen functional groups attached to an aromatic ring is 1. The number of nitrogens with two attached hydrogens (primary N) is 1. The quantitative estimate of drug-likeness (QED) is 0.350. The molecule has 0 aromatic heterocycles. The number of aryl methyl sites for hydroxylation is 1. The number of hydrogen-bond donors (Lipinski definition) is 1. The fraction of sp³-hybridized carbons (Fsp3) is 0.667. The van der Waals surface area contributed by atoms with E-state index in [1.54, 1.807) is 27.9 Å². The molecule has 190 valence electrons. The van der Waals surface area contributed by atoms with E-state index in [0.29, 0.717) is 25.1 Å². The summed E-state index contributed by atoms with van der Waals surface area (Å²) in [5, 5.41) is -0.773. The van der Waals surface area contributed by atoms with Gasteiger partial charge in [0.2, 0.25) is 10.0 Å². The van der Waals surface area contributed by atoms with Crippen LogP contribution in [0.1, 0.15) is 51.7 Å². The van der Waals surface area contributed by atoms with E-state index in [0.717, 1.165) is 21.9 Å². The molecule has 0 saturated heterocycles. The maximum Gasteiger partial charge on any atom is 0.319 e. The van der Waals surface area contributed by atoms with Crippen LogP contribution < -0.4 is 5.73 Å². The molecule has 10 heteroatoms. The molecular formula is C24H37N3O6S. The van der Waals surface area contributed by atoms with Crippen LogP contribution >= 0.6 is 0 Å². The summed E-state index contributed by atoms with van der Waals surface area (Å²) in [4.78, 5) is 18.3. The van der Waals surface area contributed by atoms with Gasteiger partial charge < -0.3 is 19.9 Å². The average Bonchev–Trinajstić information content (AvgIpc) is 2.87. The lowest BCUT2D eigenvalue weighted by molar-refractivity contribution is -0.159. The smallest absolute Gasteiger partial charge is 0.319 e. The number of fused-ring (bicyclic) bond motifs is 3. The van der Waals surface area contributed by atoms with E-state index in [2.05, 4.69) is 0 Å². The minimum Gasteiger partial charge on any atom is -0.459 e. The van der Waals surface area contributed by atoms with Crippen molar-refractivity contribution in [3.63, 3.8) is 0 Å². The van der Waals surface area contributed by atoms with Crippen molar-refractivity contribution in [1.82, 2.24) is 4.31 Å². The predicted molar refractivity (Wildman–Crippen MR) is 131 cm³/mol. The highest BCUT2D eigenvalue weighted by Gasteiger charge is 2.53. The third-order valence-electron chi connectivity index (χ3n) is 6.35. The number of nitrogens with zero attached hydrogens (tertiary/aromatic N) is 2. The Bertz CT molecular complexity index is 1050. The summed E-state index contributed by atoms with van der Waals surface area (Å²) in [5.74, 6) is -1.50. The van der Waals surface area contributed by atoms with Crippen LogP contribution in [0.25, 0.3) is 0 Å². The van der Waals surface area contributed by atoms with Gasteiger partial charge in [0, 0.05) is 19.8 Å². The number of benzene rings is 1. The lowest BCUT2D eigenvalue weighted by Crippen LogP contribution is -2.57. The maximum absolute atomic E-state index is 13.8. The molecule has 1 aliphatic heterocycles. The van der Waals surface area contributed by atoms with Crippen LogP contribution in [0, 0.1) is 5.92 Å². The molecule has 3 rings (SSSR count). The highest BCUT2D eigenvalue weighted by atomic mass is 32.2. The zero-order chi connectivity index (χ0) is 25.3. The molecular weight excluding hydrogens is 458 g/mol. The Kier molecular flexibility index (Phi) is 7.64. The Morgan fingerprint density at radius 2 is 2.03 bits per heavy atom. The monoisotopic (exact) mass is 495 g/mol. The van der Waals surface area contributed by atoms with Gasteiger partial charge in [0.05, 0.1) is 19.8 Å². The van der Waals surface area contributed by atoms with E-state index in [1.165, 1.54) is 7.05 Å². The number of carbonyl (C=O) groups excluding carboxylic acids is 1. The molecule has 2 N–H and O–H groups in total. The summed E-state index contributed by atoms with van der Waals surface area (Å²) in [5.41, 5.74) is 6.59. The van der Waals surface area contributed by atoms with Gasteiger partial charge in [-0.3, -0.25) is 14.1 Å². The molecule has 0 amide bonds. The van der Waals surface area contributed by atoms with Crippen LogP contribution in [-0.2, 0) is 41.0 Å². The predicted octanol–water partition coefficient (Wildman–Crippen LogP) is 2.48. The van der Waals surface area contributed by atoms with Crippen molar-refractivity contribution < 1.29 is 27.4 Å². The summed E-state index contributed by atoms with van der Waals surface area (Å²) in [6.07, 6.45) is 1.90. The average molecular weight is 496 g/mol. The number of amidine groups is 1. The summed E-state index contributed by atoms with van der Waals surface area (Å²) in [6, 6.07) is 5.58. The number of rotatable bonds is 7. The van der Waals surface area contributed by atoms with Crippen molar-refractivity contribution in [3.05, 3.63) is 29.3 Å². The van der Waals surface area contributed by atoms with Gasteiger partial charge in [-0.15, -0.1) is 0 Å². The molecule has 0 bridgehead atoms. The Balaban J connectivity index is 2.15. The van der Waals surface area contributed by atoms with Gasteiger partial charge in [0.25, 0.3) is 0 Å². The molecule has 1 aliphatic carbocycles. The highest BCUT2D eigenvalue weighted by Crippen LogP contribution is 2.45. The number of esters is 1. The van der Waals surface area contributed by atoms with Crippen LogP contribution in [0.5, 0.6) is 0 Å². The molecule has 1 aromatic rings. The van der Waals surface area contributed by atoms with E-state index < -0.39 is 38.3 Å². The normalized spacial score (nSPS) is 24.9. The van der Waals surface area contributed by atoms with Crippen molar-refractivity contribution in [2.45, 2.75) is 63.3 Å². The third-order valence-corrected chi connectivity index (χ3v) is 8.71. The van der Waals surface area contributed by atoms with Gasteiger partial charge in [-0.05, 0) is 70.2 Å². The molecule has 3 atom stereocenters. The summed E-state index contributed by atoms with van der Waals surface area (Å²) in [7, 11) is -0.831. The molecule has 0 saturated carbocycles. The number of methoxy groups -OCH3 is 1. The molecule has 1 heterocycles. The van der Waals surface area contributed by atoms with Crippen LogP contribution in [0.15, 0.2) is 23.2 Å². The molecule has 0 radical (unpaired) electrons. The first kappa shape index (κ1) is 26.4. The number of sulfonamides is 1. The van der Waals surface area contributed by atoms with Crippen molar-refractivity contribution in [1.29, 1.82) is 0 Å². The fourth-order valence-electron chi connectivity index (χ4n) is 4.68. The van der Waals surface area contributed by atoms with E-state index >= 15 is 0 Å². The van der Waals surface area contributed by atoms with Gasteiger partial charge in [-0.2, -0.15) is 0 Å². The van der Waals surface area contributed by atoms with Crippen LogP contribution in [0.2, 0.25) is 0 Å². The fourth-order valence-corrected chi connectivity index (χ4v) is 6.71. The molecule has 0 fully saturated rings. The SMILES string of the molecule is COCCOCC(C(=O)OC(C)(C)C)C1=N[C@]2(C)c3cc(N)ccc3CCC[C@@H]2S(=O)(=O)N1C. The second-order valence-corrected chi connectivity index (χ2v) is 12.2. The Labute approximate surface area is 202 Å². The largest absolute Gasteiger partial charge is 0.459 e. The van der Waals surface area contributed by atoms with E-state index in [9.17, 15) is 13.2 Å². The zero-order valence-electron chi connectivity index (χ0n) is 21.0. The van der Waals surface area contributed by atoms with Gasteiger partial charge in [-0.1, -0.05) is 6.07 Å². The Hall–Kier alpha value is -2.17. The van der Waals surface area contributed by atoms with Gasteiger partial charge in [0.1, 0.15) is 28.1 Å². The minimum absolute atomic E-state index is 0.0818. The first-order valence-electron chi connectivity index (χ1n) is 11.6. The number of anilines is 1. The second kappa shape index (κ2) is 9.83. The molecule has 1 unspecified atom stereocenters. The van der Waals surface area contributed by atoms with E-state index in [-0.39, 0.29) is 19.0 Å². The van der Waals surface area contributed by atoms with Crippen molar-refractivity contribution >= 4 is 27.5 Å². The summed E-state index contributed by atoms with van der Waals surface area (Å²) < 4.78 is 45.1. The number of ether oxygens (including phenoxy) is 3. The van der Waals surface area contributed by atoms with Gasteiger partial charge in [-0.25, -0.2) is 8.42 Å². The Morgan fingerprint density at radius 3 is 2.68 bits per heavy atom. The van der Waals surface area contributed by atoms with Crippen LogP contribution in [0.3, 0.4) is 0 Å². The van der Waals surface area contributed by atoms with Crippen molar-refractivity contribution in [3.8, 4) is 0 Å². The summed E-state index contributed by atoms with van der Waals surface area (Å²) >= 11 is 0. The first-order valence-corrected chi connectivity index (χ1v) is 13.1. The number of carbonyl (C=O) groups is 1. The van der Waals surface area contributed by atoms with E-state index in [4.69, 9.17) is 24.9 Å². The van der Waals surface area contributed by atoms with Crippen molar-refractivity contribution in [2.75, 3.05) is 39.7 Å². The summed E-state index contributed by atoms with van der Waals surface area (Å²) in [6.45, 7) is 7.62. The van der Waals surface area contributed by atoms with Crippen LogP contribution in [0.4, 0.5) is 5.69 Å². The minimum atomic E-state index is -3.83. The lowest BCUT2D eigenvalue weighted by atomic mass is 9.85. The number of hydrogen-bond acceptors (Lipinski definition) is 8. The van der Waals surface area contributed by atoms with E-state index in [1.807, 2.05) is 25.1 Å². The van der Waals surface area contributed by atoms with Gasteiger partial charge >= 0.3 is 5.97 Å². The molecule has 1 aromatic carbocycles. The maximum atomic E-state index is 13.8. The first-order chi connectivity index (χ1) is 15.8.